The Morgan fingerprint density at radius 2 is 2.08 bits per heavy atom. The van der Waals surface area contributed by atoms with E-state index in [1.54, 1.807) is 0 Å². The van der Waals surface area contributed by atoms with Crippen LogP contribution < -0.4 is 5.32 Å². The van der Waals surface area contributed by atoms with E-state index < -0.39 is 23.3 Å². The van der Waals surface area contributed by atoms with Gasteiger partial charge >= 0.3 is 6.18 Å². The van der Waals surface area contributed by atoms with Crippen LogP contribution in [0.4, 0.5) is 13.2 Å². The van der Waals surface area contributed by atoms with Gasteiger partial charge < -0.3 is 5.32 Å². The molecule has 2 bridgehead atoms. The van der Waals surface area contributed by atoms with Crippen LogP contribution in [0.25, 0.3) is 0 Å². The summed E-state index contributed by atoms with van der Waals surface area (Å²) < 4.78 is 40.2. The van der Waals surface area contributed by atoms with Gasteiger partial charge in [0.15, 0.2) is 5.69 Å². The molecule has 1 heterocycles. The number of hydrogen-bond acceptors (Lipinski definition) is 2. The predicted octanol–water partition coefficient (Wildman–Crippen LogP) is 3.16. The van der Waals surface area contributed by atoms with Gasteiger partial charge in [0, 0.05) is 7.05 Å². The number of hydrogen-bond donors (Lipinski definition) is 1. The Hall–Kier alpha value is -1.79. The second-order valence-electron chi connectivity index (χ2n) is 7.47. The molecule has 3 aliphatic rings. The molecule has 1 aromatic rings. The van der Waals surface area contributed by atoms with E-state index in [-0.39, 0.29) is 6.04 Å². The molecule has 1 amide bonds. The summed E-state index contributed by atoms with van der Waals surface area (Å²) in [4.78, 5) is 12.5. The summed E-state index contributed by atoms with van der Waals surface area (Å²) in [5.41, 5.74) is -0.170. The third-order valence-electron chi connectivity index (χ3n) is 5.85. The van der Waals surface area contributed by atoms with Gasteiger partial charge in [-0.05, 0) is 48.5 Å². The highest BCUT2D eigenvalue weighted by molar-refractivity contribution is 5.96. The van der Waals surface area contributed by atoms with Gasteiger partial charge in [-0.25, -0.2) is 0 Å². The maximum absolute atomic E-state index is 13.2. The Labute approximate surface area is 138 Å². The highest BCUT2D eigenvalue weighted by Gasteiger charge is 2.53. The highest BCUT2D eigenvalue weighted by atomic mass is 19.4. The average molecular weight is 339 g/mol. The summed E-state index contributed by atoms with van der Waals surface area (Å²) in [6, 6.07) is -0.114. The van der Waals surface area contributed by atoms with Crippen LogP contribution in [0.15, 0.2) is 17.8 Å². The van der Waals surface area contributed by atoms with Crippen molar-refractivity contribution in [1.82, 2.24) is 15.1 Å². The SMILES string of the molecule is CC1C=C2C3CC(C1)CC3C2NC(=O)c1cnn(C)c1C(F)(F)F. The van der Waals surface area contributed by atoms with Crippen molar-refractivity contribution in [3.05, 3.63) is 29.1 Å². The monoisotopic (exact) mass is 339 g/mol. The molecule has 5 atom stereocenters. The van der Waals surface area contributed by atoms with E-state index in [2.05, 4.69) is 23.4 Å². The van der Waals surface area contributed by atoms with E-state index in [4.69, 9.17) is 0 Å². The third kappa shape index (κ3) is 2.28. The summed E-state index contributed by atoms with van der Waals surface area (Å²) in [6.45, 7) is 2.17. The van der Waals surface area contributed by atoms with Gasteiger partial charge in [-0.15, -0.1) is 0 Å². The van der Waals surface area contributed by atoms with Crippen LogP contribution in [-0.4, -0.2) is 21.7 Å². The molecule has 0 radical (unpaired) electrons. The minimum Gasteiger partial charge on any atom is -0.345 e. The fourth-order valence-electron chi connectivity index (χ4n) is 4.98. The third-order valence-corrected chi connectivity index (χ3v) is 5.85. The van der Waals surface area contributed by atoms with Gasteiger partial charge in [0.1, 0.15) is 0 Å². The summed E-state index contributed by atoms with van der Waals surface area (Å²) in [6.07, 6.45) is 2.03. The van der Waals surface area contributed by atoms with E-state index in [0.717, 1.165) is 19.0 Å². The second-order valence-corrected chi connectivity index (χ2v) is 7.47. The van der Waals surface area contributed by atoms with E-state index in [0.29, 0.717) is 28.4 Å². The molecule has 0 saturated heterocycles. The van der Waals surface area contributed by atoms with Gasteiger partial charge in [-0.3, -0.25) is 9.48 Å². The minimum atomic E-state index is -4.60. The van der Waals surface area contributed by atoms with Gasteiger partial charge in [0.25, 0.3) is 5.91 Å². The molecule has 0 aliphatic heterocycles. The number of nitrogens with zero attached hydrogens (tertiary/aromatic N) is 2. The molecular formula is C17H20F3N3O. The van der Waals surface area contributed by atoms with Gasteiger partial charge in [0.2, 0.25) is 0 Å². The number of alkyl halides is 3. The first-order chi connectivity index (χ1) is 11.3. The average Bonchev–Trinajstić information content (AvgIpc) is 2.98. The van der Waals surface area contributed by atoms with Crippen LogP contribution >= 0.6 is 0 Å². The number of halogens is 3. The van der Waals surface area contributed by atoms with Crippen molar-refractivity contribution in [2.24, 2.45) is 30.7 Å². The predicted molar refractivity (Wildman–Crippen MR) is 81.0 cm³/mol. The Bertz CT molecular complexity index is 721. The zero-order valence-corrected chi connectivity index (χ0v) is 13.6. The molecule has 1 aromatic heterocycles. The smallest absolute Gasteiger partial charge is 0.345 e. The molecule has 0 spiro atoms. The van der Waals surface area contributed by atoms with Crippen LogP contribution in [0.1, 0.15) is 42.2 Å². The number of fused-ring (bicyclic) bond motifs is 1. The molecular weight excluding hydrogens is 319 g/mol. The first-order valence-corrected chi connectivity index (χ1v) is 8.37. The maximum atomic E-state index is 13.2. The minimum absolute atomic E-state index is 0.114. The lowest BCUT2D eigenvalue weighted by atomic mass is 9.65. The second kappa shape index (κ2) is 5.10. The quantitative estimate of drug-likeness (QED) is 0.842. The molecule has 7 heteroatoms. The van der Waals surface area contributed by atoms with Crippen molar-refractivity contribution in [3.8, 4) is 0 Å². The van der Waals surface area contributed by atoms with Gasteiger partial charge in [-0.1, -0.05) is 13.0 Å². The van der Waals surface area contributed by atoms with Crippen LogP contribution in [0, 0.1) is 23.7 Å². The zero-order valence-electron chi connectivity index (χ0n) is 13.6. The highest BCUT2D eigenvalue weighted by Crippen LogP contribution is 2.57. The summed E-state index contributed by atoms with van der Waals surface area (Å²) in [5.74, 6) is 1.36. The number of carbonyl (C=O) groups is 1. The maximum Gasteiger partial charge on any atom is 0.433 e. The van der Waals surface area contributed by atoms with Crippen molar-refractivity contribution in [2.75, 3.05) is 0 Å². The van der Waals surface area contributed by atoms with E-state index in [9.17, 15) is 18.0 Å². The summed E-state index contributed by atoms with van der Waals surface area (Å²) in [7, 11) is 1.20. The first-order valence-electron chi connectivity index (χ1n) is 8.37. The number of aryl methyl sites for hydroxylation is 1. The number of aromatic nitrogens is 2. The van der Waals surface area contributed by atoms with Crippen molar-refractivity contribution >= 4 is 5.91 Å². The lowest BCUT2D eigenvalue weighted by Crippen LogP contribution is -2.53. The molecule has 0 aromatic carbocycles. The van der Waals surface area contributed by atoms with Crippen molar-refractivity contribution < 1.29 is 18.0 Å². The lowest BCUT2D eigenvalue weighted by molar-refractivity contribution is -0.144. The molecule has 24 heavy (non-hydrogen) atoms. The van der Waals surface area contributed by atoms with Gasteiger partial charge in [-0.2, -0.15) is 18.3 Å². The summed E-state index contributed by atoms with van der Waals surface area (Å²) >= 11 is 0. The van der Waals surface area contributed by atoms with Gasteiger partial charge in [0.05, 0.1) is 17.8 Å². The normalized spacial score (nSPS) is 34.4. The Balaban J connectivity index is 1.58. The molecule has 4 nitrogen and oxygen atoms in total. The molecule has 5 unspecified atom stereocenters. The van der Waals surface area contributed by atoms with E-state index >= 15 is 0 Å². The fourth-order valence-corrected chi connectivity index (χ4v) is 4.98. The van der Waals surface area contributed by atoms with Crippen LogP contribution in [0.3, 0.4) is 0 Å². The van der Waals surface area contributed by atoms with Crippen molar-refractivity contribution in [3.63, 3.8) is 0 Å². The van der Waals surface area contributed by atoms with Crippen LogP contribution in [0.5, 0.6) is 0 Å². The number of amides is 1. The Morgan fingerprint density at radius 3 is 2.79 bits per heavy atom. The lowest BCUT2D eigenvalue weighted by Gasteiger charge is -2.45. The Kier molecular flexibility index (Phi) is 3.34. The molecule has 3 aliphatic carbocycles. The van der Waals surface area contributed by atoms with E-state index in [1.807, 2.05) is 0 Å². The van der Waals surface area contributed by atoms with Crippen LogP contribution in [0.2, 0.25) is 0 Å². The molecule has 2 fully saturated rings. The number of allylic oxidation sites excluding steroid dienone is 1. The first kappa shape index (κ1) is 15.7. The molecule has 2 saturated carbocycles. The number of nitrogens with one attached hydrogen (secondary N) is 1. The Morgan fingerprint density at radius 1 is 1.33 bits per heavy atom. The summed E-state index contributed by atoms with van der Waals surface area (Å²) in [5, 5.41) is 6.46. The largest absolute Gasteiger partial charge is 0.433 e. The molecule has 4 rings (SSSR count). The topological polar surface area (TPSA) is 46.9 Å². The number of carbonyl (C=O) groups excluding carboxylic acids is 1. The van der Waals surface area contributed by atoms with Crippen molar-refractivity contribution in [2.45, 2.75) is 38.4 Å². The zero-order chi connectivity index (χ0) is 17.2. The fraction of sp³-hybridized carbons (Fsp3) is 0.647. The van der Waals surface area contributed by atoms with E-state index in [1.165, 1.54) is 19.0 Å². The number of rotatable bonds is 2. The standard InChI is InChI=1S/C17H20F3N3O/c1-8-3-9-5-10-11(4-8)14(12(10)6-9)22-16(24)13-7-21-23(2)15(13)17(18,19)20/h4,7-10,12,14H,3,5-6H2,1-2H3,(H,22,24). The van der Waals surface area contributed by atoms with Crippen molar-refractivity contribution in [1.29, 1.82) is 0 Å². The van der Waals surface area contributed by atoms with Crippen LogP contribution in [-0.2, 0) is 13.2 Å². The molecule has 130 valence electrons. The molecule has 1 N–H and O–H groups in total.